The van der Waals surface area contributed by atoms with Crippen LogP contribution in [0.1, 0.15) is 25.0 Å². The van der Waals surface area contributed by atoms with Crippen LogP contribution in [-0.4, -0.2) is 59.9 Å². The zero-order valence-corrected chi connectivity index (χ0v) is 13.2. The Labute approximate surface area is 132 Å². The van der Waals surface area contributed by atoms with Gasteiger partial charge in [-0.15, -0.1) is 0 Å². The lowest BCUT2D eigenvalue weighted by atomic mass is 10.1. The minimum absolute atomic E-state index is 0.0177. The maximum atomic E-state index is 12.1. The maximum Gasteiger partial charge on any atom is 0.244 e. The monoisotopic (exact) mass is 303 g/mol. The van der Waals surface area contributed by atoms with Crippen molar-refractivity contribution in [2.75, 3.05) is 33.2 Å². The molecule has 2 heterocycles. The molecular formula is C16H25N5O. The number of rotatable bonds is 5. The normalized spacial score (nSPS) is 15.7. The van der Waals surface area contributed by atoms with Gasteiger partial charge in [0.05, 0.1) is 0 Å². The first-order chi connectivity index (χ1) is 10.7. The number of hydrogen-bond donors (Lipinski definition) is 1. The predicted molar refractivity (Wildman–Crippen MR) is 87.5 cm³/mol. The summed E-state index contributed by atoms with van der Waals surface area (Å²) in [6.45, 7) is 2.63. The molecule has 1 aromatic heterocycles. The van der Waals surface area contributed by atoms with Crippen molar-refractivity contribution in [3.05, 3.63) is 30.1 Å². The lowest BCUT2D eigenvalue weighted by molar-refractivity contribution is -0.128. The van der Waals surface area contributed by atoms with E-state index in [4.69, 9.17) is 5.73 Å². The van der Waals surface area contributed by atoms with Crippen LogP contribution in [0.15, 0.2) is 29.4 Å². The molecule has 1 amide bonds. The molecule has 0 bridgehead atoms. The molecule has 1 aliphatic rings. The van der Waals surface area contributed by atoms with E-state index in [0.717, 1.165) is 38.0 Å². The number of aliphatic imine (C=N–C) groups is 1. The molecule has 1 aliphatic heterocycles. The minimum Gasteiger partial charge on any atom is -0.370 e. The van der Waals surface area contributed by atoms with Crippen LogP contribution >= 0.6 is 0 Å². The number of pyridine rings is 1. The molecule has 1 aromatic rings. The summed E-state index contributed by atoms with van der Waals surface area (Å²) >= 11 is 0. The van der Waals surface area contributed by atoms with Crippen molar-refractivity contribution in [1.29, 1.82) is 0 Å². The van der Waals surface area contributed by atoms with Gasteiger partial charge < -0.3 is 15.5 Å². The van der Waals surface area contributed by atoms with Crippen LogP contribution in [0.4, 0.5) is 0 Å². The Bertz CT molecular complexity index is 497. The first kappa shape index (κ1) is 16.3. The molecule has 0 atom stereocenters. The fraction of sp³-hybridized carbons (Fsp3) is 0.562. The van der Waals surface area contributed by atoms with Crippen molar-refractivity contribution < 1.29 is 4.79 Å². The molecule has 0 aromatic carbocycles. The van der Waals surface area contributed by atoms with Crippen LogP contribution in [0.5, 0.6) is 0 Å². The zero-order chi connectivity index (χ0) is 15.8. The van der Waals surface area contributed by atoms with Gasteiger partial charge in [-0.3, -0.25) is 9.78 Å². The Morgan fingerprint density at radius 3 is 2.82 bits per heavy atom. The van der Waals surface area contributed by atoms with Gasteiger partial charge in [-0.2, -0.15) is 0 Å². The average molecular weight is 303 g/mol. The molecule has 0 saturated carbocycles. The molecule has 22 heavy (non-hydrogen) atoms. The fourth-order valence-electron chi connectivity index (χ4n) is 2.45. The SMILES string of the molecule is CN(CCc1ccccn1)C(=O)CN=C(N)N1CCCCC1. The largest absolute Gasteiger partial charge is 0.370 e. The number of likely N-dealkylation sites (N-methyl/N-ethyl adjacent to an activating group) is 1. The number of hydrogen-bond acceptors (Lipinski definition) is 3. The molecule has 120 valence electrons. The molecule has 6 heteroatoms. The molecule has 0 aliphatic carbocycles. The van der Waals surface area contributed by atoms with Crippen molar-refractivity contribution >= 4 is 11.9 Å². The van der Waals surface area contributed by atoms with Gasteiger partial charge in [0, 0.05) is 45.0 Å². The standard InChI is InChI=1S/C16H25N5O/c1-20(12-8-14-7-3-4-9-18-14)15(22)13-19-16(17)21-10-5-2-6-11-21/h3-4,7,9H,2,5-6,8,10-13H2,1H3,(H2,17,19). The van der Waals surface area contributed by atoms with Gasteiger partial charge in [-0.05, 0) is 31.4 Å². The van der Waals surface area contributed by atoms with Crippen LogP contribution in [0.3, 0.4) is 0 Å². The van der Waals surface area contributed by atoms with E-state index in [2.05, 4.69) is 14.9 Å². The molecule has 1 fully saturated rings. The molecule has 6 nitrogen and oxygen atoms in total. The second-order valence-corrected chi connectivity index (χ2v) is 5.61. The zero-order valence-electron chi connectivity index (χ0n) is 13.2. The van der Waals surface area contributed by atoms with Crippen LogP contribution in [0.25, 0.3) is 0 Å². The van der Waals surface area contributed by atoms with Gasteiger partial charge in [0.2, 0.25) is 5.91 Å². The first-order valence-electron chi connectivity index (χ1n) is 7.85. The average Bonchev–Trinajstić information content (AvgIpc) is 2.58. The molecule has 1 saturated heterocycles. The highest BCUT2D eigenvalue weighted by Gasteiger charge is 2.13. The molecule has 0 unspecified atom stereocenters. The van der Waals surface area contributed by atoms with Crippen molar-refractivity contribution in [3.63, 3.8) is 0 Å². The van der Waals surface area contributed by atoms with Crippen molar-refractivity contribution in [2.24, 2.45) is 10.7 Å². The summed E-state index contributed by atoms with van der Waals surface area (Å²) in [6, 6.07) is 5.80. The second-order valence-electron chi connectivity index (χ2n) is 5.61. The number of guanidine groups is 1. The third kappa shape index (κ3) is 5.02. The summed E-state index contributed by atoms with van der Waals surface area (Å²) in [4.78, 5) is 24.3. The number of aromatic nitrogens is 1. The van der Waals surface area contributed by atoms with E-state index in [1.54, 1.807) is 18.1 Å². The molecule has 2 N–H and O–H groups in total. The highest BCUT2D eigenvalue weighted by molar-refractivity contribution is 5.84. The molecule has 2 rings (SSSR count). The number of nitrogens with zero attached hydrogens (tertiary/aromatic N) is 4. The second kappa shape index (κ2) is 8.36. The van der Waals surface area contributed by atoms with E-state index in [-0.39, 0.29) is 12.5 Å². The topological polar surface area (TPSA) is 74.8 Å². The highest BCUT2D eigenvalue weighted by Crippen LogP contribution is 2.07. The van der Waals surface area contributed by atoms with E-state index in [0.29, 0.717) is 12.5 Å². The number of carbonyl (C=O) groups excluding carboxylic acids is 1. The Morgan fingerprint density at radius 2 is 2.14 bits per heavy atom. The number of carbonyl (C=O) groups is 1. The van der Waals surface area contributed by atoms with Gasteiger partial charge in [0.15, 0.2) is 5.96 Å². The van der Waals surface area contributed by atoms with E-state index in [1.807, 2.05) is 18.2 Å². The Balaban J connectivity index is 1.75. The van der Waals surface area contributed by atoms with Crippen LogP contribution < -0.4 is 5.73 Å². The van der Waals surface area contributed by atoms with Crippen molar-refractivity contribution in [2.45, 2.75) is 25.7 Å². The Morgan fingerprint density at radius 1 is 1.36 bits per heavy atom. The lowest BCUT2D eigenvalue weighted by Crippen LogP contribution is -2.41. The summed E-state index contributed by atoms with van der Waals surface area (Å²) in [7, 11) is 1.79. The third-order valence-electron chi connectivity index (χ3n) is 3.91. The number of likely N-dealkylation sites (tertiary alicyclic amines) is 1. The Hall–Kier alpha value is -2.11. The number of amides is 1. The van der Waals surface area contributed by atoms with E-state index >= 15 is 0 Å². The number of piperidine rings is 1. The fourth-order valence-corrected chi connectivity index (χ4v) is 2.45. The summed E-state index contributed by atoms with van der Waals surface area (Å²) in [5.41, 5.74) is 6.94. The van der Waals surface area contributed by atoms with Crippen molar-refractivity contribution in [3.8, 4) is 0 Å². The van der Waals surface area contributed by atoms with Crippen molar-refractivity contribution in [1.82, 2.24) is 14.8 Å². The maximum absolute atomic E-state index is 12.1. The van der Waals surface area contributed by atoms with E-state index < -0.39 is 0 Å². The van der Waals surface area contributed by atoms with Crippen LogP contribution in [0, 0.1) is 0 Å². The predicted octanol–water partition coefficient (Wildman–Crippen LogP) is 0.883. The third-order valence-corrected chi connectivity index (χ3v) is 3.91. The van der Waals surface area contributed by atoms with Gasteiger partial charge in [0.1, 0.15) is 6.54 Å². The lowest BCUT2D eigenvalue weighted by Gasteiger charge is -2.27. The van der Waals surface area contributed by atoms with E-state index in [9.17, 15) is 4.79 Å². The van der Waals surface area contributed by atoms with E-state index in [1.165, 1.54) is 6.42 Å². The molecule has 0 radical (unpaired) electrons. The van der Waals surface area contributed by atoms with Gasteiger partial charge >= 0.3 is 0 Å². The van der Waals surface area contributed by atoms with Crippen LogP contribution in [-0.2, 0) is 11.2 Å². The molecular weight excluding hydrogens is 278 g/mol. The van der Waals surface area contributed by atoms with Gasteiger partial charge in [0.25, 0.3) is 0 Å². The van der Waals surface area contributed by atoms with Gasteiger partial charge in [-0.25, -0.2) is 4.99 Å². The van der Waals surface area contributed by atoms with Gasteiger partial charge in [-0.1, -0.05) is 6.07 Å². The first-order valence-corrected chi connectivity index (χ1v) is 7.85. The summed E-state index contributed by atoms with van der Waals surface area (Å²) < 4.78 is 0. The molecule has 0 spiro atoms. The van der Waals surface area contributed by atoms with Crippen LogP contribution in [0.2, 0.25) is 0 Å². The summed E-state index contributed by atoms with van der Waals surface area (Å²) in [5.74, 6) is 0.474. The number of nitrogens with two attached hydrogens (primary N) is 1. The Kier molecular flexibility index (Phi) is 6.18. The smallest absolute Gasteiger partial charge is 0.244 e. The summed E-state index contributed by atoms with van der Waals surface area (Å²) in [6.07, 6.45) is 6.05. The highest BCUT2D eigenvalue weighted by atomic mass is 16.2. The quantitative estimate of drug-likeness (QED) is 0.647. The minimum atomic E-state index is -0.0177. The summed E-state index contributed by atoms with van der Waals surface area (Å²) in [5, 5.41) is 0.